The van der Waals surface area contributed by atoms with E-state index in [9.17, 15) is 4.79 Å². The predicted octanol–water partition coefficient (Wildman–Crippen LogP) is 3.35. The Morgan fingerprint density at radius 2 is 2.20 bits per heavy atom. The standard InChI is InChI=1S/C12H14BrNO/c1-7-3-4-9(13)6-11(7)14-12(15)10-5-8(10)2/h3-4,6,8,10H,5H2,1-2H3,(H,14,15). The van der Waals surface area contributed by atoms with Crippen molar-refractivity contribution in [2.45, 2.75) is 20.3 Å². The van der Waals surface area contributed by atoms with Crippen molar-refractivity contribution in [2.24, 2.45) is 11.8 Å². The largest absolute Gasteiger partial charge is 0.326 e. The van der Waals surface area contributed by atoms with Crippen molar-refractivity contribution >= 4 is 27.5 Å². The number of halogens is 1. The number of aryl methyl sites for hydroxylation is 1. The molecule has 1 amide bonds. The molecule has 3 heteroatoms. The van der Waals surface area contributed by atoms with E-state index in [-0.39, 0.29) is 11.8 Å². The maximum absolute atomic E-state index is 11.7. The summed E-state index contributed by atoms with van der Waals surface area (Å²) in [6.45, 7) is 4.11. The highest BCUT2D eigenvalue weighted by Gasteiger charge is 2.39. The molecule has 0 aliphatic heterocycles. The minimum atomic E-state index is 0.156. The molecular formula is C12H14BrNO. The molecule has 2 unspecified atom stereocenters. The normalized spacial score (nSPS) is 23.7. The molecule has 1 fully saturated rings. The first-order valence-electron chi connectivity index (χ1n) is 5.15. The Morgan fingerprint density at radius 1 is 1.53 bits per heavy atom. The molecule has 0 bridgehead atoms. The zero-order valence-corrected chi connectivity index (χ0v) is 10.5. The van der Waals surface area contributed by atoms with Crippen molar-refractivity contribution in [3.05, 3.63) is 28.2 Å². The Kier molecular flexibility index (Phi) is 2.83. The number of anilines is 1. The molecule has 1 saturated carbocycles. The first-order chi connectivity index (χ1) is 7.08. The van der Waals surface area contributed by atoms with Crippen LogP contribution < -0.4 is 5.32 Å². The average Bonchev–Trinajstić information content (AvgIpc) is 2.89. The van der Waals surface area contributed by atoms with Crippen LogP contribution in [0.4, 0.5) is 5.69 Å². The van der Waals surface area contributed by atoms with E-state index in [0.29, 0.717) is 5.92 Å². The second-order valence-electron chi connectivity index (χ2n) is 4.27. The summed E-state index contributed by atoms with van der Waals surface area (Å²) >= 11 is 3.40. The summed E-state index contributed by atoms with van der Waals surface area (Å²) < 4.78 is 0.993. The van der Waals surface area contributed by atoms with Gasteiger partial charge in [-0.05, 0) is 37.0 Å². The van der Waals surface area contributed by atoms with Crippen LogP contribution in [0.3, 0.4) is 0 Å². The molecule has 0 aromatic heterocycles. The van der Waals surface area contributed by atoms with E-state index in [1.165, 1.54) is 0 Å². The molecule has 1 aliphatic rings. The van der Waals surface area contributed by atoms with Gasteiger partial charge in [-0.3, -0.25) is 4.79 Å². The van der Waals surface area contributed by atoms with Gasteiger partial charge in [0.1, 0.15) is 0 Å². The zero-order valence-electron chi connectivity index (χ0n) is 8.88. The van der Waals surface area contributed by atoms with Crippen molar-refractivity contribution in [3.8, 4) is 0 Å². The first-order valence-corrected chi connectivity index (χ1v) is 5.94. The van der Waals surface area contributed by atoms with Crippen molar-refractivity contribution in [3.63, 3.8) is 0 Å². The number of hydrogen-bond acceptors (Lipinski definition) is 1. The molecule has 0 saturated heterocycles. The Bertz CT molecular complexity index is 403. The number of carbonyl (C=O) groups excluding carboxylic acids is 1. The van der Waals surface area contributed by atoms with Crippen LogP contribution >= 0.6 is 15.9 Å². The summed E-state index contributed by atoms with van der Waals surface area (Å²) in [6, 6.07) is 5.92. The molecule has 0 radical (unpaired) electrons. The summed E-state index contributed by atoms with van der Waals surface area (Å²) in [7, 11) is 0. The minimum absolute atomic E-state index is 0.156. The quantitative estimate of drug-likeness (QED) is 0.875. The van der Waals surface area contributed by atoms with Crippen LogP contribution in [0.25, 0.3) is 0 Å². The van der Waals surface area contributed by atoms with Gasteiger partial charge in [-0.15, -0.1) is 0 Å². The molecule has 0 spiro atoms. The van der Waals surface area contributed by atoms with E-state index in [1.54, 1.807) is 0 Å². The fourth-order valence-corrected chi connectivity index (χ4v) is 2.00. The maximum Gasteiger partial charge on any atom is 0.227 e. The number of hydrogen-bond donors (Lipinski definition) is 1. The molecule has 2 rings (SSSR count). The highest BCUT2D eigenvalue weighted by molar-refractivity contribution is 9.10. The fourth-order valence-electron chi connectivity index (χ4n) is 1.64. The number of amides is 1. The Labute approximate surface area is 98.2 Å². The van der Waals surface area contributed by atoms with Crippen LogP contribution in [-0.2, 0) is 4.79 Å². The number of rotatable bonds is 2. The van der Waals surface area contributed by atoms with Gasteiger partial charge in [0.25, 0.3) is 0 Å². The van der Waals surface area contributed by atoms with E-state index < -0.39 is 0 Å². The Morgan fingerprint density at radius 3 is 2.80 bits per heavy atom. The van der Waals surface area contributed by atoms with Gasteiger partial charge in [-0.2, -0.15) is 0 Å². The molecule has 0 heterocycles. The van der Waals surface area contributed by atoms with Crippen LogP contribution in [0.5, 0.6) is 0 Å². The maximum atomic E-state index is 11.7. The lowest BCUT2D eigenvalue weighted by atomic mass is 10.2. The van der Waals surface area contributed by atoms with Gasteiger partial charge in [-0.25, -0.2) is 0 Å². The van der Waals surface area contributed by atoms with Crippen molar-refractivity contribution in [2.75, 3.05) is 5.32 Å². The molecular weight excluding hydrogens is 254 g/mol. The lowest BCUT2D eigenvalue weighted by Gasteiger charge is -2.08. The molecule has 2 atom stereocenters. The third-order valence-corrected chi connectivity index (χ3v) is 3.40. The van der Waals surface area contributed by atoms with Gasteiger partial charge >= 0.3 is 0 Å². The van der Waals surface area contributed by atoms with Gasteiger partial charge in [0, 0.05) is 16.1 Å². The van der Waals surface area contributed by atoms with Gasteiger partial charge < -0.3 is 5.32 Å². The first kappa shape index (κ1) is 10.7. The third-order valence-electron chi connectivity index (χ3n) is 2.90. The molecule has 1 aromatic carbocycles. The summed E-state index contributed by atoms with van der Waals surface area (Å²) in [5.41, 5.74) is 2.01. The van der Waals surface area contributed by atoms with Crippen LogP contribution in [0.1, 0.15) is 18.9 Å². The summed E-state index contributed by atoms with van der Waals surface area (Å²) in [5.74, 6) is 0.935. The SMILES string of the molecule is Cc1ccc(Br)cc1NC(=O)C1CC1C. The van der Waals surface area contributed by atoms with Crippen molar-refractivity contribution in [1.82, 2.24) is 0 Å². The van der Waals surface area contributed by atoms with Crippen molar-refractivity contribution in [1.29, 1.82) is 0 Å². The smallest absolute Gasteiger partial charge is 0.227 e. The van der Waals surface area contributed by atoms with Gasteiger partial charge in [-0.1, -0.05) is 28.9 Å². The van der Waals surface area contributed by atoms with E-state index >= 15 is 0 Å². The second kappa shape index (κ2) is 3.97. The number of carbonyl (C=O) groups is 1. The van der Waals surface area contributed by atoms with Crippen molar-refractivity contribution < 1.29 is 4.79 Å². The van der Waals surface area contributed by atoms with Gasteiger partial charge in [0.05, 0.1) is 0 Å². The fraction of sp³-hybridized carbons (Fsp3) is 0.417. The van der Waals surface area contributed by atoms with Crippen LogP contribution in [-0.4, -0.2) is 5.91 Å². The molecule has 1 aliphatic carbocycles. The Balaban J connectivity index is 2.10. The van der Waals surface area contributed by atoms with Crippen LogP contribution in [0.15, 0.2) is 22.7 Å². The van der Waals surface area contributed by atoms with E-state index in [0.717, 1.165) is 22.1 Å². The lowest BCUT2D eigenvalue weighted by Crippen LogP contribution is -2.15. The third kappa shape index (κ3) is 2.40. The van der Waals surface area contributed by atoms with Crippen LogP contribution in [0.2, 0.25) is 0 Å². The molecule has 2 nitrogen and oxygen atoms in total. The molecule has 1 N–H and O–H groups in total. The Hall–Kier alpha value is -0.830. The molecule has 80 valence electrons. The highest BCUT2D eigenvalue weighted by Crippen LogP contribution is 2.38. The predicted molar refractivity (Wildman–Crippen MR) is 64.8 cm³/mol. The van der Waals surface area contributed by atoms with Crippen LogP contribution in [0, 0.1) is 18.8 Å². The highest BCUT2D eigenvalue weighted by atomic mass is 79.9. The lowest BCUT2D eigenvalue weighted by molar-refractivity contribution is -0.117. The van der Waals surface area contributed by atoms with Gasteiger partial charge in [0.15, 0.2) is 0 Å². The second-order valence-corrected chi connectivity index (χ2v) is 5.18. The minimum Gasteiger partial charge on any atom is -0.326 e. The summed E-state index contributed by atoms with van der Waals surface area (Å²) in [5, 5.41) is 2.97. The summed E-state index contributed by atoms with van der Waals surface area (Å²) in [4.78, 5) is 11.7. The number of nitrogens with one attached hydrogen (secondary N) is 1. The van der Waals surface area contributed by atoms with E-state index in [2.05, 4.69) is 28.2 Å². The molecule has 15 heavy (non-hydrogen) atoms. The number of benzene rings is 1. The van der Waals surface area contributed by atoms with Gasteiger partial charge in [0.2, 0.25) is 5.91 Å². The van der Waals surface area contributed by atoms with E-state index in [4.69, 9.17) is 0 Å². The molecule has 1 aromatic rings. The zero-order chi connectivity index (χ0) is 11.0. The van der Waals surface area contributed by atoms with E-state index in [1.807, 2.05) is 25.1 Å². The monoisotopic (exact) mass is 267 g/mol. The topological polar surface area (TPSA) is 29.1 Å². The average molecular weight is 268 g/mol. The summed E-state index contributed by atoms with van der Waals surface area (Å²) in [6.07, 6.45) is 1.03.